The Hall–Kier alpha value is -0.770. The van der Waals surface area contributed by atoms with Gasteiger partial charge in [-0.1, -0.05) is 13.8 Å². The first-order valence-electron chi connectivity index (χ1n) is 15.1. The van der Waals surface area contributed by atoms with Crippen molar-refractivity contribution in [2.24, 2.45) is 40.4 Å². The molecule has 14 atom stereocenters. The van der Waals surface area contributed by atoms with E-state index in [1.807, 2.05) is 0 Å². The average molecular weight is 537 g/mol. The van der Waals surface area contributed by atoms with Gasteiger partial charge < -0.3 is 34.3 Å². The molecule has 0 bridgehead atoms. The van der Waals surface area contributed by atoms with E-state index in [1.165, 1.54) is 7.11 Å². The minimum Gasteiger partial charge on any atom is -0.465 e. The van der Waals surface area contributed by atoms with Crippen molar-refractivity contribution in [2.75, 3.05) is 13.7 Å². The molecule has 6 fully saturated rings. The quantitative estimate of drug-likeness (QED) is 0.371. The van der Waals surface area contributed by atoms with Gasteiger partial charge >= 0.3 is 5.97 Å². The van der Waals surface area contributed by atoms with Gasteiger partial charge in [-0.3, -0.25) is 4.79 Å². The van der Waals surface area contributed by atoms with E-state index in [2.05, 4.69) is 13.8 Å². The molecule has 0 aromatic carbocycles. The Morgan fingerprint density at radius 3 is 2.42 bits per heavy atom. The van der Waals surface area contributed by atoms with Crippen molar-refractivity contribution in [3.8, 4) is 0 Å². The summed E-state index contributed by atoms with van der Waals surface area (Å²) in [5, 5.41) is 33.5. The molecular weight excluding hydrogens is 488 g/mol. The van der Waals surface area contributed by atoms with E-state index in [-0.39, 0.29) is 28.8 Å². The lowest BCUT2D eigenvalue weighted by molar-refractivity contribution is -0.313. The van der Waals surface area contributed by atoms with E-state index in [1.54, 1.807) is 6.92 Å². The number of hydrogen-bond donors (Lipinski definition) is 3. The molecule has 3 N–H and O–H groups in total. The Kier molecular flexibility index (Phi) is 6.97. The van der Waals surface area contributed by atoms with Gasteiger partial charge in [0, 0.05) is 13.0 Å². The Balaban J connectivity index is 1.14. The molecule has 8 heteroatoms. The SMILES string of the molecule is CO[C@@H]1[C@@H](O)[C@H](C)O[C@@H](O[C@H]2CC[C@@]3(C)[C@H](CC[C@@H]4[C@@H]3CC[C@]3(C)[C@@H]([C@H]5COC(=O)C5)CC[C@]43O)C2)[C@@H]1O. The standard InChI is InChI=1S/C30H48O8/c1-16-24(32)26(35-4)25(33)27(37-16)38-19-7-10-28(2)18(14-19)5-6-22-21(28)8-11-29(3)20(9-12-30(22,29)34)17-13-23(31)36-15-17/h16-22,24-27,32-34H,5-15H2,1-4H3/t16-,17+,18+,19-,20+,21-,22+,24-,25+,26+,27-,28-,29+,30-/m0/s1. The smallest absolute Gasteiger partial charge is 0.306 e. The second-order valence-electron chi connectivity index (χ2n) is 14.1. The normalized spacial score (nSPS) is 56.6. The van der Waals surface area contributed by atoms with Crippen LogP contribution in [0.4, 0.5) is 0 Å². The number of fused-ring (bicyclic) bond motifs is 5. The zero-order valence-electron chi connectivity index (χ0n) is 23.5. The lowest BCUT2D eigenvalue weighted by atomic mass is 9.43. The van der Waals surface area contributed by atoms with Gasteiger partial charge in [0.2, 0.25) is 0 Å². The van der Waals surface area contributed by atoms with Crippen LogP contribution in [0.15, 0.2) is 0 Å². The molecule has 0 aromatic heterocycles. The van der Waals surface area contributed by atoms with Crippen molar-refractivity contribution in [1.29, 1.82) is 0 Å². The third-order valence-corrected chi connectivity index (χ3v) is 12.7. The van der Waals surface area contributed by atoms with E-state index in [9.17, 15) is 20.1 Å². The van der Waals surface area contributed by atoms with Crippen molar-refractivity contribution < 1.29 is 39.1 Å². The Labute approximate surface area is 226 Å². The number of carbonyl (C=O) groups excluding carboxylic acids is 1. The molecule has 2 saturated heterocycles. The number of aliphatic hydroxyl groups excluding tert-OH is 2. The van der Waals surface area contributed by atoms with Crippen LogP contribution in [0.2, 0.25) is 0 Å². The van der Waals surface area contributed by atoms with Crippen LogP contribution >= 0.6 is 0 Å². The zero-order chi connectivity index (χ0) is 27.0. The summed E-state index contributed by atoms with van der Waals surface area (Å²) in [5.41, 5.74) is -0.654. The van der Waals surface area contributed by atoms with Crippen molar-refractivity contribution in [3.63, 3.8) is 0 Å². The molecule has 2 aliphatic heterocycles. The summed E-state index contributed by atoms with van der Waals surface area (Å²) in [7, 11) is 1.49. The largest absolute Gasteiger partial charge is 0.465 e. The number of cyclic esters (lactones) is 1. The van der Waals surface area contributed by atoms with Crippen LogP contribution in [0.5, 0.6) is 0 Å². The molecular formula is C30H48O8. The van der Waals surface area contributed by atoms with Crippen molar-refractivity contribution in [2.45, 2.75) is 127 Å². The van der Waals surface area contributed by atoms with Crippen LogP contribution in [0.25, 0.3) is 0 Å². The summed E-state index contributed by atoms with van der Waals surface area (Å²) >= 11 is 0. The number of ether oxygens (including phenoxy) is 4. The van der Waals surface area contributed by atoms with E-state index >= 15 is 0 Å². The molecule has 0 aromatic rings. The predicted octanol–water partition coefficient (Wildman–Crippen LogP) is 3.19. The summed E-state index contributed by atoms with van der Waals surface area (Å²) in [6.45, 7) is 7.07. The molecule has 0 radical (unpaired) electrons. The molecule has 2 heterocycles. The highest BCUT2D eigenvalue weighted by atomic mass is 16.7. The number of rotatable bonds is 4. The minimum atomic E-state index is -1.03. The van der Waals surface area contributed by atoms with Crippen LogP contribution in [-0.2, 0) is 23.7 Å². The van der Waals surface area contributed by atoms with Gasteiger partial charge in [0.25, 0.3) is 0 Å². The summed E-state index contributed by atoms with van der Waals surface area (Å²) in [6.07, 6.45) is 5.55. The molecule has 6 rings (SSSR count). The topological polar surface area (TPSA) is 115 Å². The number of methoxy groups -OCH3 is 1. The second kappa shape index (κ2) is 9.66. The van der Waals surface area contributed by atoms with Crippen molar-refractivity contribution in [3.05, 3.63) is 0 Å². The molecule has 0 spiro atoms. The van der Waals surface area contributed by atoms with Gasteiger partial charge in [0.15, 0.2) is 6.29 Å². The Morgan fingerprint density at radius 1 is 0.947 bits per heavy atom. The fourth-order valence-electron chi connectivity index (χ4n) is 10.5. The van der Waals surface area contributed by atoms with Gasteiger partial charge in [-0.25, -0.2) is 0 Å². The van der Waals surface area contributed by atoms with Crippen LogP contribution in [0, 0.1) is 40.4 Å². The van der Waals surface area contributed by atoms with Gasteiger partial charge in [-0.2, -0.15) is 0 Å². The van der Waals surface area contributed by atoms with Crippen LogP contribution in [-0.4, -0.2) is 77.4 Å². The number of esters is 1. The summed E-state index contributed by atoms with van der Waals surface area (Å²) < 4.78 is 22.9. The first-order chi connectivity index (χ1) is 18.0. The Bertz CT molecular complexity index is 913. The lowest BCUT2D eigenvalue weighted by Gasteiger charge is -2.64. The molecule has 0 amide bonds. The summed E-state index contributed by atoms with van der Waals surface area (Å²) in [4.78, 5) is 11.9. The van der Waals surface area contributed by atoms with E-state index in [0.29, 0.717) is 36.7 Å². The highest BCUT2D eigenvalue weighted by Crippen LogP contribution is 2.70. The van der Waals surface area contributed by atoms with E-state index in [4.69, 9.17) is 18.9 Å². The van der Waals surface area contributed by atoms with Crippen LogP contribution < -0.4 is 0 Å². The highest BCUT2D eigenvalue weighted by Gasteiger charge is 2.68. The number of hydrogen-bond acceptors (Lipinski definition) is 8. The van der Waals surface area contributed by atoms with Crippen molar-refractivity contribution in [1.82, 2.24) is 0 Å². The summed E-state index contributed by atoms with van der Waals surface area (Å²) in [5.74, 6) is 1.82. The van der Waals surface area contributed by atoms with Gasteiger partial charge in [-0.05, 0) is 99.2 Å². The monoisotopic (exact) mass is 536 g/mol. The maximum Gasteiger partial charge on any atom is 0.306 e. The minimum absolute atomic E-state index is 0.00284. The molecule has 4 aliphatic carbocycles. The van der Waals surface area contributed by atoms with Crippen molar-refractivity contribution >= 4 is 5.97 Å². The zero-order valence-corrected chi connectivity index (χ0v) is 23.5. The summed E-state index contributed by atoms with van der Waals surface area (Å²) in [6, 6.07) is 0. The average Bonchev–Trinajstić information content (AvgIpc) is 3.43. The fourth-order valence-corrected chi connectivity index (χ4v) is 10.5. The molecule has 6 aliphatic rings. The van der Waals surface area contributed by atoms with Crippen LogP contribution in [0.3, 0.4) is 0 Å². The molecule has 8 nitrogen and oxygen atoms in total. The van der Waals surface area contributed by atoms with Gasteiger partial charge in [0.1, 0.15) is 18.3 Å². The van der Waals surface area contributed by atoms with Gasteiger partial charge in [0.05, 0.1) is 30.8 Å². The Morgan fingerprint density at radius 2 is 1.71 bits per heavy atom. The fraction of sp³-hybridized carbons (Fsp3) is 0.967. The molecule has 216 valence electrons. The predicted molar refractivity (Wildman–Crippen MR) is 138 cm³/mol. The van der Waals surface area contributed by atoms with Crippen LogP contribution in [0.1, 0.15) is 85.0 Å². The molecule has 0 unspecified atom stereocenters. The molecule has 4 saturated carbocycles. The maximum absolute atomic E-state index is 12.4. The van der Waals surface area contributed by atoms with Gasteiger partial charge in [-0.15, -0.1) is 0 Å². The number of carbonyl (C=O) groups is 1. The maximum atomic E-state index is 12.4. The first kappa shape index (κ1) is 27.4. The first-order valence-corrected chi connectivity index (χ1v) is 15.1. The third-order valence-electron chi connectivity index (χ3n) is 12.7. The highest BCUT2D eigenvalue weighted by molar-refractivity contribution is 5.71. The third kappa shape index (κ3) is 3.95. The van der Waals surface area contributed by atoms with E-state index in [0.717, 1.165) is 57.8 Å². The van der Waals surface area contributed by atoms with E-state index < -0.39 is 36.3 Å². The second-order valence-corrected chi connectivity index (χ2v) is 14.1. The number of aliphatic hydroxyl groups is 3. The molecule has 38 heavy (non-hydrogen) atoms. The lowest BCUT2D eigenvalue weighted by Crippen LogP contribution is -2.63.